The molecule has 0 aliphatic carbocycles. The van der Waals surface area contributed by atoms with Gasteiger partial charge >= 0.3 is 15.2 Å². The van der Waals surface area contributed by atoms with E-state index >= 15 is 0 Å². The first-order chi connectivity index (χ1) is 17.3. The van der Waals surface area contributed by atoms with Crippen LogP contribution in [0.25, 0.3) is 11.0 Å². The molecule has 4 rings (SSSR count). The molecule has 0 bridgehead atoms. The number of anilines is 1. The fourth-order valence-electron chi connectivity index (χ4n) is 3.48. The van der Waals surface area contributed by atoms with Gasteiger partial charge in [-0.3, -0.25) is 14.6 Å². The molecule has 1 aliphatic heterocycles. The number of aliphatic hydroxyl groups excluding tert-OH is 2. The number of aromatic hydroxyl groups is 1. The monoisotopic (exact) mass is 578 g/mol. The first-order valence-electron chi connectivity index (χ1n) is 10.3. The lowest BCUT2D eigenvalue weighted by Crippen LogP contribution is -2.33. The smallest absolute Gasteiger partial charge is 0.340 e. The van der Waals surface area contributed by atoms with Crippen LogP contribution in [-0.2, 0) is 18.4 Å². The number of halogens is 1. The SMILES string of the molecule is O=P(O)(O)CP(=O)(O)OC[C@H]1O[C@@H](n2ncc3c(N/N=C/c4cccc(O)c4)nc(Cl)nc32)[C@H](O)[C@@H]1O. The quantitative estimate of drug-likeness (QED) is 0.0795. The number of hydrogen-bond donors (Lipinski definition) is 7. The lowest BCUT2D eigenvalue weighted by molar-refractivity contribution is -0.0541. The summed E-state index contributed by atoms with van der Waals surface area (Å²) in [5.74, 6) is -1.22. The van der Waals surface area contributed by atoms with E-state index in [-0.39, 0.29) is 22.5 Å². The highest BCUT2D eigenvalue weighted by Crippen LogP contribution is 2.55. The van der Waals surface area contributed by atoms with Crippen molar-refractivity contribution in [2.75, 3.05) is 17.9 Å². The van der Waals surface area contributed by atoms with Gasteiger partial charge in [-0.05, 0) is 29.3 Å². The maximum Gasteiger partial charge on any atom is 0.340 e. The maximum atomic E-state index is 11.9. The van der Waals surface area contributed by atoms with Crippen LogP contribution in [0, 0.1) is 0 Å². The zero-order valence-electron chi connectivity index (χ0n) is 18.5. The first kappa shape index (κ1) is 27.5. The van der Waals surface area contributed by atoms with Crippen molar-refractivity contribution in [1.29, 1.82) is 0 Å². The lowest BCUT2D eigenvalue weighted by Gasteiger charge is -2.18. The number of phenols is 1. The summed E-state index contributed by atoms with van der Waals surface area (Å²) < 4.78 is 34.3. The van der Waals surface area contributed by atoms with Crippen LogP contribution < -0.4 is 5.43 Å². The van der Waals surface area contributed by atoms with E-state index in [4.69, 9.17) is 30.6 Å². The van der Waals surface area contributed by atoms with E-state index in [0.717, 1.165) is 4.68 Å². The molecular formula is C18H21ClN6O10P2. The minimum absolute atomic E-state index is 0.0577. The third kappa shape index (κ3) is 6.69. The molecule has 3 aromatic rings. The fraction of sp³-hybridized carbons (Fsp3) is 0.333. The second kappa shape index (κ2) is 10.7. The Morgan fingerprint density at radius 2 is 1.97 bits per heavy atom. The van der Waals surface area contributed by atoms with Crippen LogP contribution in [0.3, 0.4) is 0 Å². The van der Waals surface area contributed by atoms with Crippen LogP contribution >= 0.6 is 26.8 Å². The van der Waals surface area contributed by atoms with E-state index < -0.39 is 52.2 Å². The third-order valence-corrected chi connectivity index (χ3v) is 8.69. The van der Waals surface area contributed by atoms with Gasteiger partial charge < -0.3 is 39.3 Å². The maximum absolute atomic E-state index is 11.9. The Kier molecular flexibility index (Phi) is 7.97. The predicted octanol–water partition coefficient (Wildman–Crippen LogP) is 0.588. The summed E-state index contributed by atoms with van der Waals surface area (Å²) in [4.78, 5) is 35.6. The number of nitrogens with one attached hydrogen (secondary N) is 1. The van der Waals surface area contributed by atoms with Crippen molar-refractivity contribution in [2.45, 2.75) is 24.5 Å². The number of nitrogens with zero attached hydrogens (tertiary/aromatic N) is 5. The molecule has 0 amide bonds. The summed E-state index contributed by atoms with van der Waals surface area (Å²) in [6.07, 6.45) is -3.14. The van der Waals surface area contributed by atoms with Gasteiger partial charge in [0.2, 0.25) is 5.28 Å². The number of ether oxygens (including phenoxy) is 1. The second-order valence-corrected chi connectivity index (χ2v) is 12.3. The summed E-state index contributed by atoms with van der Waals surface area (Å²) in [5.41, 5.74) is 3.37. The van der Waals surface area contributed by atoms with Crippen molar-refractivity contribution in [2.24, 2.45) is 5.10 Å². The van der Waals surface area contributed by atoms with E-state index in [2.05, 4.69) is 25.6 Å². The zero-order valence-corrected chi connectivity index (χ0v) is 21.1. The number of aliphatic hydroxyl groups is 2. The Hall–Kier alpha value is -2.49. The number of hydrazone groups is 1. The number of hydrogen-bond acceptors (Lipinski definition) is 12. The van der Waals surface area contributed by atoms with Gasteiger partial charge in [0, 0.05) is 0 Å². The summed E-state index contributed by atoms with van der Waals surface area (Å²) in [6.45, 7) is -0.756. The van der Waals surface area contributed by atoms with Gasteiger partial charge in [-0.15, -0.1) is 0 Å². The van der Waals surface area contributed by atoms with Crippen LogP contribution in [-0.4, -0.2) is 86.8 Å². The zero-order chi connectivity index (χ0) is 27.0. The molecule has 5 atom stereocenters. The van der Waals surface area contributed by atoms with E-state index in [0.29, 0.717) is 10.9 Å². The van der Waals surface area contributed by atoms with Crippen LogP contribution in [0.15, 0.2) is 35.6 Å². The Morgan fingerprint density at radius 1 is 1.22 bits per heavy atom. The van der Waals surface area contributed by atoms with Crippen LogP contribution in [0.2, 0.25) is 5.28 Å². The molecule has 0 spiro atoms. The lowest BCUT2D eigenvalue weighted by atomic mass is 10.1. The van der Waals surface area contributed by atoms with Crippen LogP contribution in [0.5, 0.6) is 5.75 Å². The van der Waals surface area contributed by atoms with Gasteiger partial charge in [-0.1, -0.05) is 12.1 Å². The molecule has 16 nitrogen and oxygen atoms in total. The van der Waals surface area contributed by atoms with E-state index in [9.17, 15) is 29.3 Å². The summed E-state index contributed by atoms with van der Waals surface area (Å²) in [6, 6.07) is 6.33. The molecule has 2 aromatic heterocycles. The number of fused-ring (bicyclic) bond motifs is 1. The van der Waals surface area contributed by atoms with Crippen LogP contribution in [0.4, 0.5) is 5.82 Å². The van der Waals surface area contributed by atoms with Crippen molar-refractivity contribution in [3.05, 3.63) is 41.3 Å². The van der Waals surface area contributed by atoms with Crippen molar-refractivity contribution in [3.63, 3.8) is 0 Å². The van der Waals surface area contributed by atoms with Crippen molar-refractivity contribution in [1.82, 2.24) is 19.7 Å². The van der Waals surface area contributed by atoms with Crippen molar-refractivity contribution in [3.8, 4) is 5.75 Å². The molecule has 1 aliphatic rings. The topological polar surface area (TPSA) is 242 Å². The van der Waals surface area contributed by atoms with Gasteiger partial charge in [0.05, 0.1) is 24.4 Å². The van der Waals surface area contributed by atoms with Gasteiger partial charge in [-0.25, -0.2) is 4.68 Å². The minimum atomic E-state index is -4.85. The summed E-state index contributed by atoms with van der Waals surface area (Å²) in [7, 11) is -9.56. The predicted molar refractivity (Wildman–Crippen MR) is 128 cm³/mol. The van der Waals surface area contributed by atoms with Gasteiger partial charge in [0.15, 0.2) is 23.6 Å². The molecule has 1 fully saturated rings. The van der Waals surface area contributed by atoms with E-state index in [1.807, 2.05) is 0 Å². The molecule has 7 N–H and O–H groups in total. The number of phenolic OH excluding ortho intramolecular Hbond substituents is 1. The number of rotatable bonds is 9. The largest absolute Gasteiger partial charge is 0.508 e. The highest BCUT2D eigenvalue weighted by atomic mass is 35.5. The molecule has 3 heterocycles. The molecule has 1 unspecified atom stereocenters. The van der Waals surface area contributed by atoms with Gasteiger partial charge in [-0.2, -0.15) is 20.2 Å². The van der Waals surface area contributed by atoms with Crippen LogP contribution in [0.1, 0.15) is 11.8 Å². The molecule has 1 aromatic carbocycles. The normalized spacial score (nSPS) is 24.1. The highest BCUT2D eigenvalue weighted by molar-refractivity contribution is 7.70. The number of benzene rings is 1. The molecule has 19 heteroatoms. The van der Waals surface area contributed by atoms with Crippen molar-refractivity contribution < 1.29 is 48.4 Å². The first-order valence-corrected chi connectivity index (χ1v) is 14.3. The Bertz CT molecular complexity index is 1420. The minimum Gasteiger partial charge on any atom is -0.508 e. The van der Waals surface area contributed by atoms with E-state index in [1.165, 1.54) is 24.5 Å². The standard InChI is InChI=1S/C18H21ClN6O10P2/c19-18-22-15(24-20-5-9-2-1-3-10(26)4-9)11-6-21-25(16(11)23-18)17-14(28)13(27)12(35-17)7-34-37(32,33)8-36(29,30)31/h1-6,12-14,17,26-28H,7-8H2,(H,32,33)(H,22,23,24)(H2,29,30,31)/b20-5+/t12-,13-,14-,17-/m1/s1. The average Bonchev–Trinajstić information content (AvgIpc) is 3.32. The Labute approximate surface area is 212 Å². The fourth-order valence-corrected chi connectivity index (χ4v) is 6.21. The molecular weight excluding hydrogens is 558 g/mol. The number of aromatic nitrogens is 4. The van der Waals surface area contributed by atoms with Crippen molar-refractivity contribution >= 4 is 49.9 Å². The van der Waals surface area contributed by atoms with E-state index in [1.54, 1.807) is 12.1 Å². The molecule has 200 valence electrons. The van der Waals surface area contributed by atoms with Gasteiger partial charge in [0.25, 0.3) is 0 Å². The summed E-state index contributed by atoms with van der Waals surface area (Å²) >= 11 is 6.04. The molecule has 1 saturated heterocycles. The molecule has 0 radical (unpaired) electrons. The van der Waals surface area contributed by atoms with Gasteiger partial charge in [0.1, 0.15) is 24.1 Å². The highest BCUT2D eigenvalue weighted by Gasteiger charge is 2.46. The summed E-state index contributed by atoms with van der Waals surface area (Å²) in [5, 5.41) is 38.7. The molecule has 0 saturated carbocycles. The second-order valence-electron chi connectivity index (χ2n) is 7.92. The Morgan fingerprint density at radius 3 is 2.68 bits per heavy atom. The third-order valence-electron chi connectivity index (χ3n) is 5.06. The average molecular weight is 579 g/mol. The Balaban J connectivity index is 1.52. The molecule has 37 heavy (non-hydrogen) atoms.